The van der Waals surface area contributed by atoms with E-state index in [9.17, 15) is 58.5 Å². The Labute approximate surface area is 311 Å². The standard InChI is InChI=1S/C32H52N8O12S/c1-16(2)13-20(37-29(48)22-5-3-11-39(22)31(50)23-6-4-12-40(23)30(49)17(33)14-41)28(47)36-19(8-10-25(43)44)26(45)35-18(7-9-24(34)42)27(46)38-21(15-53)32(51)52/h16-23,41,53H,3-15,33H2,1-2H3,(H2,34,42)(H,35,45)(H,36,47)(H,37,48)(H,38,46)(H,43,44)(H,51,52)/t17-,18-,19-,20-,21-,22-,23-/m0/s1. The van der Waals surface area contributed by atoms with Gasteiger partial charge in [0, 0.05) is 31.7 Å². The smallest absolute Gasteiger partial charge is 0.327 e. The molecule has 53 heavy (non-hydrogen) atoms. The van der Waals surface area contributed by atoms with Gasteiger partial charge in [-0.1, -0.05) is 13.8 Å². The number of nitrogens with two attached hydrogens (primary N) is 2. The Hall–Kier alpha value is -4.50. The molecule has 2 heterocycles. The van der Waals surface area contributed by atoms with E-state index < -0.39 is 121 Å². The van der Waals surface area contributed by atoms with Crippen LogP contribution in [0.2, 0.25) is 0 Å². The Kier molecular flexibility index (Phi) is 17.9. The maximum Gasteiger partial charge on any atom is 0.327 e. The number of nitrogens with one attached hydrogen (secondary N) is 4. The van der Waals surface area contributed by atoms with Crippen molar-refractivity contribution in [3.05, 3.63) is 0 Å². The molecule has 2 aliphatic heterocycles. The second-order valence-corrected chi connectivity index (χ2v) is 13.9. The predicted octanol–water partition coefficient (Wildman–Crippen LogP) is -3.58. The highest BCUT2D eigenvalue weighted by atomic mass is 32.1. The number of rotatable bonds is 21. The zero-order valence-electron chi connectivity index (χ0n) is 29.8. The molecular weight excluding hydrogens is 720 g/mol. The summed E-state index contributed by atoms with van der Waals surface area (Å²) in [4.78, 5) is 117. The van der Waals surface area contributed by atoms with Crippen LogP contribution in [-0.2, 0) is 43.2 Å². The predicted molar refractivity (Wildman–Crippen MR) is 188 cm³/mol. The van der Waals surface area contributed by atoms with Crippen molar-refractivity contribution in [2.24, 2.45) is 17.4 Å². The lowest BCUT2D eigenvalue weighted by Gasteiger charge is -2.32. The topological polar surface area (TPSA) is 321 Å². The van der Waals surface area contributed by atoms with Gasteiger partial charge in [0.15, 0.2) is 0 Å². The maximum absolute atomic E-state index is 13.7. The molecule has 2 saturated heterocycles. The molecular formula is C32H52N8O12S. The van der Waals surface area contributed by atoms with Crippen molar-refractivity contribution in [1.82, 2.24) is 31.1 Å². The minimum atomic E-state index is -1.56. The van der Waals surface area contributed by atoms with Crippen molar-refractivity contribution in [2.75, 3.05) is 25.4 Å². The third-order valence-corrected chi connectivity index (χ3v) is 9.27. The van der Waals surface area contributed by atoms with E-state index in [1.807, 2.05) is 0 Å². The highest BCUT2D eigenvalue weighted by Gasteiger charge is 2.43. The number of hydrogen-bond donors (Lipinski definition) is 10. The van der Waals surface area contributed by atoms with Gasteiger partial charge in [0.25, 0.3) is 0 Å². The Morgan fingerprint density at radius 1 is 0.755 bits per heavy atom. The molecule has 21 heteroatoms. The number of carboxylic acid groups (broad SMARTS) is 2. The lowest BCUT2D eigenvalue weighted by molar-refractivity contribution is -0.147. The quantitative estimate of drug-likeness (QED) is 0.0506. The molecule has 0 aliphatic carbocycles. The second kappa shape index (κ2) is 21.3. The Morgan fingerprint density at radius 2 is 1.26 bits per heavy atom. The molecule has 20 nitrogen and oxygen atoms in total. The van der Waals surface area contributed by atoms with Gasteiger partial charge in [0.1, 0.15) is 42.3 Å². The zero-order valence-corrected chi connectivity index (χ0v) is 30.7. The van der Waals surface area contributed by atoms with Crippen molar-refractivity contribution in [1.29, 1.82) is 0 Å². The van der Waals surface area contributed by atoms with Crippen LogP contribution < -0.4 is 32.7 Å². The van der Waals surface area contributed by atoms with Crippen molar-refractivity contribution < 1.29 is 58.5 Å². The average molecular weight is 773 g/mol. The number of carbonyl (C=O) groups is 9. The van der Waals surface area contributed by atoms with Crippen LogP contribution in [0.4, 0.5) is 0 Å². The van der Waals surface area contributed by atoms with E-state index in [-0.39, 0.29) is 44.0 Å². The van der Waals surface area contributed by atoms with Crippen molar-refractivity contribution in [3.8, 4) is 0 Å². The summed E-state index contributed by atoms with van der Waals surface area (Å²) in [6, 6.07) is -8.84. The molecule has 7 amide bonds. The first kappa shape index (κ1) is 44.7. The van der Waals surface area contributed by atoms with Crippen LogP contribution >= 0.6 is 12.6 Å². The van der Waals surface area contributed by atoms with Crippen LogP contribution in [0, 0.1) is 5.92 Å². The Balaban J connectivity index is 2.26. The number of carboxylic acids is 2. The lowest BCUT2D eigenvalue weighted by Crippen LogP contribution is -2.59. The summed E-state index contributed by atoms with van der Waals surface area (Å²) in [6.07, 6.45) is -0.133. The van der Waals surface area contributed by atoms with Gasteiger partial charge in [-0.25, -0.2) is 4.79 Å². The van der Waals surface area contributed by atoms with Crippen LogP contribution in [0.25, 0.3) is 0 Å². The first-order chi connectivity index (χ1) is 24.9. The van der Waals surface area contributed by atoms with Crippen molar-refractivity contribution in [2.45, 2.75) is 114 Å². The van der Waals surface area contributed by atoms with Crippen LogP contribution in [0.1, 0.15) is 71.6 Å². The molecule has 2 fully saturated rings. The molecule has 0 spiro atoms. The number of amides is 7. The molecule has 7 atom stereocenters. The minimum absolute atomic E-state index is 0.0689. The van der Waals surface area contributed by atoms with Crippen LogP contribution in [0.3, 0.4) is 0 Å². The number of aliphatic hydroxyl groups is 1. The average Bonchev–Trinajstić information content (AvgIpc) is 3.79. The van der Waals surface area contributed by atoms with E-state index in [0.717, 1.165) is 0 Å². The molecule has 0 radical (unpaired) electrons. The number of primary amides is 1. The normalized spacial score (nSPS) is 19.7. The molecule has 0 aromatic heterocycles. The molecule has 0 saturated carbocycles. The fourth-order valence-corrected chi connectivity index (χ4v) is 6.39. The number of aliphatic hydroxyl groups excluding tert-OH is 1. The summed E-state index contributed by atoms with van der Waals surface area (Å²) in [7, 11) is 0. The van der Waals surface area contributed by atoms with Gasteiger partial charge in [-0.05, 0) is 50.9 Å². The number of aliphatic carboxylic acids is 2. The Morgan fingerprint density at radius 3 is 1.75 bits per heavy atom. The van der Waals surface area contributed by atoms with E-state index in [4.69, 9.17) is 11.5 Å². The van der Waals surface area contributed by atoms with Crippen molar-refractivity contribution >= 4 is 65.9 Å². The largest absolute Gasteiger partial charge is 0.481 e. The molecule has 2 aliphatic rings. The van der Waals surface area contributed by atoms with Gasteiger partial charge in [-0.2, -0.15) is 12.6 Å². The number of thiol groups is 1. The number of hydrogen-bond acceptors (Lipinski definition) is 12. The highest BCUT2D eigenvalue weighted by Crippen LogP contribution is 2.26. The van der Waals surface area contributed by atoms with Gasteiger partial charge in [-0.15, -0.1) is 0 Å². The lowest BCUT2D eigenvalue weighted by atomic mass is 10.0. The van der Waals surface area contributed by atoms with E-state index in [1.54, 1.807) is 13.8 Å². The maximum atomic E-state index is 13.7. The third kappa shape index (κ3) is 13.5. The number of likely N-dealkylation sites (tertiary alicyclic amines) is 2. The summed E-state index contributed by atoms with van der Waals surface area (Å²) in [6.45, 7) is 3.42. The van der Waals surface area contributed by atoms with E-state index in [1.165, 1.54) is 9.80 Å². The van der Waals surface area contributed by atoms with Gasteiger partial charge in [-0.3, -0.25) is 38.4 Å². The summed E-state index contributed by atoms with van der Waals surface area (Å²) < 4.78 is 0. The van der Waals surface area contributed by atoms with Crippen LogP contribution in [0.15, 0.2) is 0 Å². The number of nitrogens with zero attached hydrogens (tertiary/aromatic N) is 2. The molecule has 0 aromatic carbocycles. The van der Waals surface area contributed by atoms with Gasteiger partial charge in [0.2, 0.25) is 41.4 Å². The van der Waals surface area contributed by atoms with Crippen LogP contribution in [0.5, 0.6) is 0 Å². The van der Waals surface area contributed by atoms with E-state index in [2.05, 4.69) is 33.9 Å². The molecule has 0 unspecified atom stereocenters. The molecule has 0 aromatic rings. The second-order valence-electron chi connectivity index (χ2n) is 13.5. The molecule has 2 rings (SSSR count). The van der Waals surface area contributed by atoms with Gasteiger partial charge >= 0.3 is 11.9 Å². The number of carbonyl (C=O) groups excluding carboxylic acids is 7. The molecule has 11 N–H and O–H groups in total. The van der Waals surface area contributed by atoms with Crippen LogP contribution in [-0.4, -0.2) is 146 Å². The summed E-state index contributed by atoms with van der Waals surface area (Å²) in [5.41, 5.74) is 10.9. The molecule has 0 bridgehead atoms. The minimum Gasteiger partial charge on any atom is -0.481 e. The van der Waals surface area contributed by atoms with Crippen molar-refractivity contribution in [3.63, 3.8) is 0 Å². The fraction of sp³-hybridized carbons (Fsp3) is 0.719. The third-order valence-electron chi connectivity index (χ3n) is 8.90. The highest BCUT2D eigenvalue weighted by molar-refractivity contribution is 7.80. The SMILES string of the molecule is CC(C)C[C@H](NC(=O)[C@@H]1CCCN1C(=O)[C@@H]1CCCN1C(=O)[C@@H](N)CO)C(=O)N[C@@H](CCC(=O)O)C(=O)N[C@@H](CCC(N)=O)C(=O)N[C@@H](CS)C(=O)O. The summed E-state index contributed by atoms with van der Waals surface area (Å²) in [5, 5.41) is 37.6. The monoisotopic (exact) mass is 772 g/mol. The summed E-state index contributed by atoms with van der Waals surface area (Å²) in [5.74, 6) is -8.62. The first-order valence-corrected chi connectivity index (χ1v) is 18.1. The summed E-state index contributed by atoms with van der Waals surface area (Å²) >= 11 is 3.88. The first-order valence-electron chi connectivity index (χ1n) is 17.4. The molecule has 298 valence electrons. The zero-order chi connectivity index (χ0) is 40.0. The van der Waals surface area contributed by atoms with Gasteiger partial charge in [0.05, 0.1) is 6.61 Å². The van der Waals surface area contributed by atoms with E-state index >= 15 is 0 Å². The van der Waals surface area contributed by atoms with E-state index in [0.29, 0.717) is 19.3 Å². The fourth-order valence-electron chi connectivity index (χ4n) is 6.14. The Bertz CT molecular complexity index is 1380. The van der Waals surface area contributed by atoms with Gasteiger partial charge < -0.3 is 57.9 Å².